The van der Waals surface area contributed by atoms with E-state index in [1.807, 2.05) is 0 Å². The van der Waals surface area contributed by atoms with Crippen LogP contribution in [-0.4, -0.2) is 11.2 Å². The van der Waals surface area contributed by atoms with Crippen LogP contribution in [0.5, 0.6) is 0 Å². The molecule has 176 valence electrons. The molecule has 1 N–H and O–H groups in total. The summed E-state index contributed by atoms with van der Waals surface area (Å²) in [5.41, 5.74) is 3.58. The zero-order valence-electron chi connectivity index (χ0n) is 21.9. The van der Waals surface area contributed by atoms with E-state index in [1.54, 1.807) is 5.57 Å². The van der Waals surface area contributed by atoms with Gasteiger partial charge in [-0.25, -0.2) is 0 Å². The Hall–Kier alpha value is -0.300. The summed E-state index contributed by atoms with van der Waals surface area (Å²) in [5, 5.41) is 10.9. The van der Waals surface area contributed by atoms with Crippen LogP contribution in [0.1, 0.15) is 113 Å². The fraction of sp³-hybridized carbons (Fsp3) is 0.933. The van der Waals surface area contributed by atoms with Crippen molar-refractivity contribution in [3.8, 4) is 0 Å². The molecule has 5 rings (SSSR count). The molecular weight excluding hydrogens is 376 g/mol. The predicted molar refractivity (Wildman–Crippen MR) is 131 cm³/mol. The Kier molecular flexibility index (Phi) is 4.82. The maximum atomic E-state index is 10.9. The molecule has 0 bridgehead atoms. The van der Waals surface area contributed by atoms with Crippen molar-refractivity contribution in [2.45, 2.75) is 119 Å². The van der Waals surface area contributed by atoms with Crippen molar-refractivity contribution in [1.82, 2.24) is 0 Å². The van der Waals surface area contributed by atoms with E-state index in [0.717, 1.165) is 30.1 Å². The van der Waals surface area contributed by atoms with Crippen molar-refractivity contribution in [3.05, 3.63) is 11.6 Å². The monoisotopic (exact) mass is 426 g/mol. The minimum atomic E-state index is -0.116. The van der Waals surface area contributed by atoms with Crippen molar-refractivity contribution in [2.75, 3.05) is 0 Å². The Morgan fingerprint density at radius 3 is 2.23 bits per heavy atom. The van der Waals surface area contributed by atoms with Crippen molar-refractivity contribution < 1.29 is 5.11 Å². The average Bonchev–Trinajstić information content (AvgIpc) is 2.69. The lowest BCUT2D eigenvalue weighted by atomic mass is 9.31. The Labute approximate surface area is 192 Å². The van der Waals surface area contributed by atoms with Gasteiger partial charge in [-0.05, 0) is 121 Å². The van der Waals surface area contributed by atoms with Gasteiger partial charge in [-0.15, -0.1) is 0 Å². The Morgan fingerprint density at radius 1 is 0.806 bits per heavy atom. The first kappa shape index (κ1) is 22.5. The van der Waals surface area contributed by atoms with Crippen LogP contribution in [0.4, 0.5) is 0 Å². The molecular formula is C30H50O. The van der Waals surface area contributed by atoms with E-state index in [2.05, 4.69) is 61.5 Å². The minimum absolute atomic E-state index is 0.0665. The molecule has 0 amide bonds. The second-order valence-corrected chi connectivity index (χ2v) is 14.7. The third kappa shape index (κ3) is 2.65. The second-order valence-electron chi connectivity index (χ2n) is 14.7. The third-order valence-corrected chi connectivity index (χ3v) is 13.5. The summed E-state index contributed by atoms with van der Waals surface area (Å²) in [6.45, 7) is 20.5. The molecule has 0 aromatic heterocycles. The first-order valence-corrected chi connectivity index (χ1v) is 13.7. The number of aliphatic hydroxyl groups is 1. The second kappa shape index (κ2) is 6.64. The van der Waals surface area contributed by atoms with Gasteiger partial charge >= 0.3 is 0 Å². The highest BCUT2D eigenvalue weighted by Crippen LogP contribution is 2.76. The number of rotatable bonds is 0. The fourth-order valence-corrected chi connectivity index (χ4v) is 11.3. The van der Waals surface area contributed by atoms with Crippen molar-refractivity contribution in [2.24, 2.45) is 56.7 Å². The van der Waals surface area contributed by atoms with Gasteiger partial charge in [0.15, 0.2) is 0 Å². The van der Waals surface area contributed by atoms with Crippen molar-refractivity contribution >= 4 is 0 Å². The van der Waals surface area contributed by atoms with E-state index < -0.39 is 0 Å². The third-order valence-electron chi connectivity index (χ3n) is 13.5. The van der Waals surface area contributed by atoms with Crippen LogP contribution in [0, 0.1) is 56.7 Å². The summed E-state index contributed by atoms with van der Waals surface area (Å²) >= 11 is 0. The number of hydrogen-bond acceptors (Lipinski definition) is 1. The zero-order valence-corrected chi connectivity index (χ0v) is 21.9. The number of allylic oxidation sites excluding steroid dienone is 2. The normalized spacial score (nSPS) is 58.3. The van der Waals surface area contributed by atoms with Crippen LogP contribution in [0.15, 0.2) is 11.6 Å². The highest BCUT2D eigenvalue weighted by atomic mass is 16.3. The van der Waals surface area contributed by atoms with E-state index in [-0.39, 0.29) is 11.5 Å². The average molecular weight is 427 g/mol. The molecule has 0 aliphatic heterocycles. The van der Waals surface area contributed by atoms with E-state index in [9.17, 15) is 5.11 Å². The Bertz CT molecular complexity index is 779. The first-order valence-electron chi connectivity index (χ1n) is 13.7. The van der Waals surface area contributed by atoms with Gasteiger partial charge in [-0.2, -0.15) is 0 Å². The minimum Gasteiger partial charge on any atom is -0.393 e. The summed E-state index contributed by atoms with van der Waals surface area (Å²) in [5.74, 6) is 4.00. The molecule has 0 saturated heterocycles. The van der Waals surface area contributed by atoms with Crippen LogP contribution < -0.4 is 0 Å². The highest BCUT2D eigenvalue weighted by molar-refractivity contribution is 5.22. The maximum Gasteiger partial charge on any atom is 0.0594 e. The Balaban J connectivity index is 1.55. The molecule has 0 spiro atoms. The summed E-state index contributed by atoms with van der Waals surface area (Å²) in [4.78, 5) is 0. The highest BCUT2D eigenvalue weighted by Gasteiger charge is 2.69. The van der Waals surface area contributed by atoms with E-state index >= 15 is 0 Å². The van der Waals surface area contributed by atoms with Crippen molar-refractivity contribution in [3.63, 3.8) is 0 Å². The lowest BCUT2D eigenvalue weighted by Crippen LogP contribution is -2.67. The van der Waals surface area contributed by atoms with E-state index in [1.165, 1.54) is 51.4 Å². The summed E-state index contributed by atoms with van der Waals surface area (Å²) in [6.07, 6.45) is 14.5. The van der Waals surface area contributed by atoms with Gasteiger partial charge in [0, 0.05) is 0 Å². The maximum absolute atomic E-state index is 10.9. The van der Waals surface area contributed by atoms with Crippen LogP contribution in [0.2, 0.25) is 0 Å². The van der Waals surface area contributed by atoms with Gasteiger partial charge in [0.2, 0.25) is 0 Å². The largest absolute Gasteiger partial charge is 0.393 e. The first-order chi connectivity index (χ1) is 14.3. The zero-order chi connectivity index (χ0) is 22.6. The topological polar surface area (TPSA) is 20.2 Å². The van der Waals surface area contributed by atoms with Crippen LogP contribution in [-0.2, 0) is 0 Å². The number of fused-ring (bicyclic) bond motifs is 7. The van der Waals surface area contributed by atoms with Crippen LogP contribution in [0.3, 0.4) is 0 Å². The molecule has 0 heterocycles. The molecule has 10 atom stereocenters. The standard InChI is InChI=1S/C30H50O/c1-19-11-14-27(5)17-18-29(7)21(25(27)20(19)2)9-10-23-28(6)15-13-24(31)26(3,4)22(28)12-16-30(23,29)8/h11,20-25,31H,9-10,12-18H2,1-8H3/t20-,21+,22-,23+,24-,25+,27+,28-,29+,30+/m0/s1. The lowest BCUT2D eigenvalue weighted by Gasteiger charge is -2.73. The SMILES string of the molecule is CC1=CC[C@]2(C)CC[C@]3(C)[C@H](CC[C@@H]4[C@@]5(C)CC[C@H](O)C(C)(C)[C@@H]5CC[C@]43C)[C@H]2[C@H]1C. The van der Waals surface area contributed by atoms with Gasteiger partial charge < -0.3 is 5.11 Å². The summed E-state index contributed by atoms with van der Waals surface area (Å²) in [6, 6.07) is 0. The predicted octanol–water partition coefficient (Wildman–Crippen LogP) is 8.02. The van der Waals surface area contributed by atoms with Crippen LogP contribution >= 0.6 is 0 Å². The molecule has 4 fully saturated rings. The van der Waals surface area contributed by atoms with Crippen LogP contribution in [0.25, 0.3) is 0 Å². The molecule has 0 aromatic carbocycles. The molecule has 5 aliphatic rings. The van der Waals surface area contributed by atoms with Gasteiger partial charge in [-0.3, -0.25) is 0 Å². The quantitative estimate of drug-likeness (QED) is 0.389. The smallest absolute Gasteiger partial charge is 0.0594 e. The molecule has 1 heteroatoms. The fourth-order valence-electron chi connectivity index (χ4n) is 11.3. The molecule has 0 aromatic rings. The molecule has 4 saturated carbocycles. The lowest BCUT2D eigenvalue weighted by molar-refractivity contribution is -0.250. The van der Waals surface area contributed by atoms with Gasteiger partial charge in [0.05, 0.1) is 6.10 Å². The molecule has 0 radical (unpaired) electrons. The molecule has 31 heavy (non-hydrogen) atoms. The van der Waals surface area contributed by atoms with E-state index in [0.29, 0.717) is 27.6 Å². The number of aliphatic hydroxyl groups excluding tert-OH is 1. The number of hydrogen-bond donors (Lipinski definition) is 1. The van der Waals surface area contributed by atoms with Gasteiger partial charge in [-0.1, -0.05) is 60.1 Å². The molecule has 0 unspecified atom stereocenters. The Morgan fingerprint density at radius 2 is 1.52 bits per heavy atom. The van der Waals surface area contributed by atoms with Gasteiger partial charge in [0.1, 0.15) is 0 Å². The van der Waals surface area contributed by atoms with Crippen molar-refractivity contribution in [1.29, 1.82) is 0 Å². The van der Waals surface area contributed by atoms with E-state index in [4.69, 9.17) is 0 Å². The summed E-state index contributed by atoms with van der Waals surface area (Å²) in [7, 11) is 0. The molecule has 5 aliphatic carbocycles. The molecule has 1 nitrogen and oxygen atoms in total. The summed E-state index contributed by atoms with van der Waals surface area (Å²) < 4.78 is 0. The van der Waals surface area contributed by atoms with Gasteiger partial charge in [0.25, 0.3) is 0 Å².